The standard InChI is InChI=1S/C11H15NO3S/c1-11(2)3-6-9(8(13)4-11)16-5-7(12-6)10(14)15/h7,12H,3-5H2,1-2H3,(H,14,15). The Morgan fingerprint density at radius 2 is 2.19 bits per heavy atom. The van der Waals surface area contributed by atoms with Crippen molar-refractivity contribution in [2.45, 2.75) is 32.7 Å². The lowest BCUT2D eigenvalue weighted by Gasteiger charge is -2.36. The highest BCUT2D eigenvalue weighted by Crippen LogP contribution is 2.41. The number of ketones is 1. The van der Waals surface area contributed by atoms with Crippen LogP contribution in [0.5, 0.6) is 0 Å². The van der Waals surface area contributed by atoms with Gasteiger partial charge in [0, 0.05) is 17.9 Å². The van der Waals surface area contributed by atoms with Crippen molar-refractivity contribution in [3.63, 3.8) is 0 Å². The molecule has 0 radical (unpaired) electrons. The molecule has 0 aromatic carbocycles. The smallest absolute Gasteiger partial charge is 0.326 e. The van der Waals surface area contributed by atoms with Crippen molar-refractivity contribution in [1.82, 2.24) is 5.32 Å². The Morgan fingerprint density at radius 1 is 1.50 bits per heavy atom. The number of hydrogen-bond acceptors (Lipinski definition) is 4. The average Bonchev–Trinajstić information content (AvgIpc) is 2.14. The summed E-state index contributed by atoms with van der Waals surface area (Å²) in [6.45, 7) is 4.07. The van der Waals surface area contributed by atoms with E-state index >= 15 is 0 Å². The number of carbonyl (C=O) groups is 2. The van der Waals surface area contributed by atoms with Gasteiger partial charge < -0.3 is 10.4 Å². The maximum Gasteiger partial charge on any atom is 0.326 e. The van der Waals surface area contributed by atoms with Gasteiger partial charge in [0.15, 0.2) is 5.78 Å². The molecule has 1 aliphatic heterocycles. The van der Waals surface area contributed by atoms with Gasteiger partial charge in [0.25, 0.3) is 0 Å². The molecule has 0 fully saturated rings. The third-order valence-corrected chi connectivity index (χ3v) is 4.13. The normalized spacial score (nSPS) is 28.4. The first kappa shape index (κ1) is 11.5. The maximum atomic E-state index is 11.9. The first-order valence-corrected chi connectivity index (χ1v) is 6.26. The van der Waals surface area contributed by atoms with E-state index in [0.29, 0.717) is 12.2 Å². The third kappa shape index (κ3) is 2.09. The quantitative estimate of drug-likeness (QED) is 0.726. The molecule has 2 rings (SSSR count). The van der Waals surface area contributed by atoms with E-state index in [9.17, 15) is 9.59 Å². The lowest BCUT2D eigenvalue weighted by molar-refractivity contribution is -0.138. The summed E-state index contributed by atoms with van der Waals surface area (Å²) in [6, 6.07) is -0.564. The number of hydrogen-bond donors (Lipinski definition) is 2. The summed E-state index contributed by atoms with van der Waals surface area (Å²) < 4.78 is 0. The van der Waals surface area contributed by atoms with Crippen LogP contribution < -0.4 is 5.32 Å². The second kappa shape index (κ2) is 3.80. The lowest BCUT2D eigenvalue weighted by Crippen LogP contribution is -2.44. The van der Waals surface area contributed by atoms with Crippen molar-refractivity contribution < 1.29 is 14.7 Å². The molecule has 1 unspecified atom stereocenters. The number of thioether (sulfide) groups is 1. The minimum atomic E-state index is -0.852. The summed E-state index contributed by atoms with van der Waals surface area (Å²) in [5.41, 5.74) is 0.758. The van der Waals surface area contributed by atoms with Crippen LogP contribution in [0, 0.1) is 5.41 Å². The molecule has 1 aliphatic carbocycles. The minimum Gasteiger partial charge on any atom is -0.480 e. The molecule has 0 aromatic rings. The van der Waals surface area contributed by atoms with Crippen molar-refractivity contribution in [2.24, 2.45) is 5.41 Å². The maximum absolute atomic E-state index is 11.9. The van der Waals surface area contributed by atoms with Gasteiger partial charge in [0.2, 0.25) is 0 Å². The third-order valence-electron chi connectivity index (χ3n) is 2.86. The molecular weight excluding hydrogens is 226 g/mol. The molecule has 0 saturated heterocycles. The number of aliphatic carboxylic acids is 1. The summed E-state index contributed by atoms with van der Waals surface area (Å²) in [5, 5.41) is 11.9. The molecule has 2 aliphatic rings. The average molecular weight is 241 g/mol. The predicted molar refractivity (Wildman–Crippen MR) is 62.1 cm³/mol. The van der Waals surface area contributed by atoms with E-state index in [0.717, 1.165) is 17.0 Å². The molecule has 16 heavy (non-hydrogen) atoms. The summed E-state index contributed by atoms with van der Waals surface area (Å²) in [7, 11) is 0. The fraction of sp³-hybridized carbons (Fsp3) is 0.636. The molecule has 4 nitrogen and oxygen atoms in total. The topological polar surface area (TPSA) is 66.4 Å². The molecule has 0 saturated carbocycles. The van der Waals surface area contributed by atoms with Crippen LogP contribution in [0.15, 0.2) is 10.6 Å². The van der Waals surface area contributed by atoms with Crippen LogP contribution in [0.1, 0.15) is 26.7 Å². The van der Waals surface area contributed by atoms with Crippen molar-refractivity contribution in [1.29, 1.82) is 0 Å². The number of allylic oxidation sites excluding steroid dienone is 2. The van der Waals surface area contributed by atoms with Gasteiger partial charge in [-0.05, 0) is 11.8 Å². The van der Waals surface area contributed by atoms with E-state index in [2.05, 4.69) is 5.32 Å². The van der Waals surface area contributed by atoms with Crippen LogP contribution in [0.4, 0.5) is 0 Å². The summed E-state index contributed by atoms with van der Waals surface area (Å²) >= 11 is 1.38. The van der Waals surface area contributed by atoms with Crippen LogP contribution in [0.3, 0.4) is 0 Å². The first-order chi connectivity index (χ1) is 7.39. The molecule has 2 N–H and O–H groups in total. The van der Waals surface area contributed by atoms with Crippen LogP contribution >= 0.6 is 11.8 Å². The Balaban J connectivity index is 2.25. The highest BCUT2D eigenvalue weighted by atomic mass is 32.2. The van der Waals surface area contributed by atoms with Crippen LogP contribution in [-0.2, 0) is 9.59 Å². The lowest BCUT2D eigenvalue weighted by atomic mass is 9.78. The van der Waals surface area contributed by atoms with E-state index in [4.69, 9.17) is 5.11 Å². The number of carbonyl (C=O) groups excluding carboxylic acids is 1. The molecule has 5 heteroatoms. The van der Waals surface area contributed by atoms with Crippen LogP contribution in [0.2, 0.25) is 0 Å². The van der Waals surface area contributed by atoms with E-state index in [1.807, 2.05) is 13.8 Å². The molecule has 0 spiro atoms. The molecule has 88 valence electrons. The SMILES string of the molecule is CC1(C)CC(=O)C2=C(C1)NC(C(=O)O)CS2. The number of carboxylic acid groups (broad SMARTS) is 1. The van der Waals surface area contributed by atoms with Gasteiger partial charge >= 0.3 is 5.97 Å². The van der Waals surface area contributed by atoms with E-state index < -0.39 is 12.0 Å². The molecule has 1 atom stereocenters. The van der Waals surface area contributed by atoms with Gasteiger partial charge in [0.05, 0.1) is 4.91 Å². The molecular formula is C11H15NO3S. The first-order valence-electron chi connectivity index (χ1n) is 5.27. The summed E-state index contributed by atoms with van der Waals surface area (Å²) in [5.74, 6) is -0.275. The van der Waals surface area contributed by atoms with Gasteiger partial charge in [-0.3, -0.25) is 4.79 Å². The predicted octanol–water partition coefficient (Wildman–Crippen LogP) is 1.38. The highest BCUT2D eigenvalue weighted by molar-refractivity contribution is 8.04. The Hall–Kier alpha value is -0.970. The zero-order chi connectivity index (χ0) is 11.9. The largest absolute Gasteiger partial charge is 0.480 e. The van der Waals surface area contributed by atoms with Crippen molar-refractivity contribution in [2.75, 3.05) is 5.75 Å². The van der Waals surface area contributed by atoms with Gasteiger partial charge in [-0.2, -0.15) is 0 Å². The van der Waals surface area contributed by atoms with Gasteiger partial charge in [-0.1, -0.05) is 13.8 Å². The Labute approximate surface area is 98.5 Å². The molecule has 0 bridgehead atoms. The van der Waals surface area contributed by atoms with Crippen LogP contribution in [0.25, 0.3) is 0 Å². The van der Waals surface area contributed by atoms with E-state index in [-0.39, 0.29) is 11.2 Å². The second-order valence-electron chi connectivity index (χ2n) is 5.09. The fourth-order valence-electron chi connectivity index (χ4n) is 2.14. The number of Topliss-reactive ketones (excluding diaryl/α,β-unsaturated/α-hetero) is 1. The van der Waals surface area contributed by atoms with Gasteiger partial charge in [0.1, 0.15) is 6.04 Å². The van der Waals surface area contributed by atoms with E-state index in [1.54, 1.807) is 0 Å². The van der Waals surface area contributed by atoms with E-state index in [1.165, 1.54) is 11.8 Å². The number of carboxylic acids is 1. The fourth-order valence-corrected chi connectivity index (χ4v) is 3.24. The Kier molecular flexibility index (Phi) is 2.74. The Morgan fingerprint density at radius 3 is 2.81 bits per heavy atom. The van der Waals surface area contributed by atoms with Crippen molar-refractivity contribution >= 4 is 23.5 Å². The Bertz CT molecular complexity index is 387. The molecule has 0 aromatic heterocycles. The van der Waals surface area contributed by atoms with Gasteiger partial charge in [-0.15, -0.1) is 11.8 Å². The molecule has 1 heterocycles. The molecule has 0 amide bonds. The number of nitrogens with one attached hydrogen (secondary N) is 1. The van der Waals surface area contributed by atoms with Crippen molar-refractivity contribution in [3.8, 4) is 0 Å². The number of rotatable bonds is 1. The summed E-state index contributed by atoms with van der Waals surface area (Å²) in [4.78, 5) is 23.5. The monoisotopic (exact) mass is 241 g/mol. The minimum absolute atomic E-state index is 0.0656. The highest BCUT2D eigenvalue weighted by Gasteiger charge is 2.37. The van der Waals surface area contributed by atoms with Gasteiger partial charge in [-0.25, -0.2) is 4.79 Å². The second-order valence-corrected chi connectivity index (χ2v) is 6.13. The summed E-state index contributed by atoms with van der Waals surface area (Å²) in [6.07, 6.45) is 1.31. The van der Waals surface area contributed by atoms with Crippen LogP contribution in [-0.4, -0.2) is 28.7 Å². The van der Waals surface area contributed by atoms with Crippen molar-refractivity contribution in [3.05, 3.63) is 10.6 Å². The zero-order valence-electron chi connectivity index (χ0n) is 9.37. The zero-order valence-corrected chi connectivity index (χ0v) is 10.2.